The van der Waals surface area contributed by atoms with Crippen LogP contribution in [0.1, 0.15) is 24.6 Å². The Morgan fingerprint density at radius 1 is 1.14 bits per heavy atom. The molecule has 0 aliphatic heterocycles. The number of aromatic nitrogens is 1. The molecule has 112 valence electrons. The standard InChI is InChI=1S/C17H22FN3/c1-4-11-19-12-14-5-10-17(20-13(14)2)21(3)16-8-6-15(18)7-9-16/h5-10,19H,4,11-12H2,1-3H3. The van der Waals surface area contributed by atoms with Gasteiger partial charge in [0, 0.05) is 25.0 Å². The fourth-order valence-corrected chi connectivity index (χ4v) is 2.15. The maximum absolute atomic E-state index is 13.0. The summed E-state index contributed by atoms with van der Waals surface area (Å²) in [6.45, 7) is 6.02. The zero-order valence-corrected chi connectivity index (χ0v) is 12.9. The van der Waals surface area contributed by atoms with Crippen molar-refractivity contribution in [2.45, 2.75) is 26.8 Å². The first-order valence-corrected chi connectivity index (χ1v) is 7.28. The van der Waals surface area contributed by atoms with Crippen LogP contribution in [0.5, 0.6) is 0 Å². The van der Waals surface area contributed by atoms with E-state index in [0.717, 1.165) is 36.7 Å². The molecule has 1 aromatic heterocycles. The summed E-state index contributed by atoms with van der Waals surface area (Å²) in [6.07, 6.45) is 1.12. The van der Waals surface area contributed by atoms with Gasteiger partial charge in [0.2, 0.25) is 0 Å². The Kier molecular flexibility index (Phi) is 5.28. The SMILES string of the molecule is CCCNCc1ccc(N(C)c2ccc(F)cc2)nc1C. The summed E-state index contributed by atoms with van der Waals surface area (Å²) in [5.41, 5.74) is 3.14. The lowest BCUT2D eigenvalue weighted by Crippen LogP contribution is -2.16. The highest BCUT2D eigenvalue weighted by Crippen LogP contribution is 2.23. The highest BCUT2D eigenvalue weighted by atomic mass is 19.1. The Morgan fingerprint density at radius 2 is 1.86 bits per heavy atom. The van der Waals surface area contributed by atoms with Gasteiger partial charge in [-0.25, -0.2) is 9.37 Å². The maximum atomic E-state index is 13.0. The van der Waals surface area contributed by atoms with E-state index in [0.29, 0.717) is 0 Å². The molecule has 0 amide bonds. The summed E-state index contributed by atoms with van der Waals surface area (Å²) >= 11 is 0. The number of rotatable bonds is 6. The number of nitrogens with zero attached hydrogens (tertiary/aromatic N) is 2. The molecule has 0 radical (unpaired) electrons. The topological polar surface area (TPSA) is 28.2 Å². The molecule has 1 aromatic carbocycles. The van der Waals surface area contributed by atoms with E-state index in [1.807, 2.05) is 24.9 Å². The third-order valence-electron chi connectivity index (χ3n) is 3.48. The lowest BCUT2D eigenvalue weighted by atomic mass is 10.2. The van der Waals surface area contributed by atoms with Crippen LogP contribution in [-0.4, -0.2) is 18.6 Å². The number of benzene rings is 1. The van der Waals surface area contributed by atoms with Crippen LogP contribution in [0.15, 0.2) is 36.4 Å². The molecule has 0 fully saturated rings. The van der Waals surface area contributed by atoms with E-state index in [-0.39, 0.29) is 5.82 Å². The van der Waals surface area contributed by atoms with Crippen molar-refractivity contribution in [1.29, 1.82) is 0 Å². The number of halogens is 1. The lowest BCUT2D eigenvalue weighted by Gasteiger charge is -2.19. The summed E-state index contributed by atoms with van der Waals surface area (Å²) < 4.78 is 13.0. The predicted molar refractivity (Wildman–Crippen MR) is 85.4 cm³/mol. The van der Waals surface area contributed by atoms with Crippen molar-refractivity contribution in [2.75, 3.05) is 18.5 Å². The minimum atomic E-state index is -0.228. The van der Waals surface area contributed by atoms with Gasteiger partial charge in [-0.2, -0.15) is 0 Å². The van der Waals surface area contributed by atoms with Gasteiger partial charge >= 0.3 is 0 Å². The molecule has 2 rings (SSSR count). The lowest BCUT2D eigenvalue weighted by molar-refractivity contribution is 0.628. The number of pyridine rings is 1. The first-order valence-electron chi connectivity index (χ1n) is 7.28. The normalized spacial score (nSPS) is 10.7. The smallest absolute Gasteiger partial charge is 0.132 e. The van der Waals surface area contributed by atoms with Crippen LogP contribution in [0, 0.1) is 12.7 Å². The van der Waals surface area contributed by atoms with E-state index in [1.165, 1.54) is 17.7 Å². The van der Waals surface area contributed by atoms with E-state index in [2.05, 4.69) is 23.3 Å². The van der Waals surface area contributed by atoms with Gasteiger partial charge in [-0.15, -0.1) is 0 Å². The van der Waals surface area contributed by atoms with Gasteiger partial charge in [0.15, 0.2) is 0 Å². The van der Waals surface area contributed by atoms with Crippen LogP contribution in [0.25, 0.3) is 0 Å². The molecule has 2 aromatic rings. The average Bonchev–Trinajstić information content (AvgIpc) is 2.49. The second-order valence-electron chi connectivity index (χ2n) is 5.13. The van der Waals surface area contributed by atoms with Crippen molar-refractivity contribution in [3.05, 3.63) is 53.5 Å². The van der Waals surface area contributed by atoms with Gasteiger partial charge in [0.05, 0.1) is 0 Å². The molecule has 1 N–H and O–H groups in total. The molecule has 0 bridgehead atoms. The van der Waals surface area contributed by atoms with Crippen LogP contribution in [0.4, 0.5) is 15.9 Å². The molecule has 0 unspecified atom stereocenters. The molecule has 21 heavy (non-hydrogen) atoms. The first kappa shape index (κ1) is 15.4. The Bertz CT molecular complexity index is 581. The molecule has 0 spiro atoms. The van der Waals surface area contributed by atoms with Crippen LogP contribution in [0.2, 0.25) is 0 Å². The molecule has 0 aliphatic carbocycles. The molecule has 3 nitrogen and oxygen atoms in total. The van der Waals surface area contributed by atoms with Crippen molar-refractivity contribution in [3.8, 4) is 0 Å². The van der Waals surface area contributed by atoms with Crippen molar-refractivity contribution in [2.24, 2.45) is 0 Å². The van der Waals surface area contributed by atoms with Crippen LogP contribution >= 0.6 is 0 Å². The van der Waals surface area contributed by atoms with Gasteiger partial charge in [0.25, 0.3) is 0 Å². The third-order valence-corrected chi connectivity index (χ3v) is 3.48. The quantitative estimate of drug-likeness (QED) is 0.819. The highest BCUT2D eigenvalue weighted by Gasteiger charge is 2.08. The summed E-state index contributed by atoms with van der Waals surface area (Å²) in [4.78, 5) is 6.60. The Morgan fingerprint density at radius 3 is 2.48 bits per heavy atom. The van der Waals surface area contributed by atoms with Crippen LogP contribution in [0.3, 0.4) is 0 Å². The Labute approximate surface area is 125 Å². The summed E-state index contributed by atoms with van der Waals surface area (Å²) in [5.74, 6) is 0.631. The molecule has 0 saturated heterocycles. The summed E-state index contributed by atoms with van der Waals surface area (Å²) in [5, 5.41) is 3.38. The predicted octanol–water partition coefficient (Wildman–Crippen LogP) is 3.80. The number of hydrogen-bond acceptors (Lipinski definition) is 3. The number of anilines is 2. The molecule has 1 heterocycles. The zero-order valence-electron chi connectivity index (χ0n) is 12.9. The van der Waals surface area contributed by atoms with Crippen molar-refractivity contribution < 1.29 is 4.39 Å². The summed E-state index contributed by atoms with van der Waals surface area (Å²) in [6, 6.07) is 10.5. The molecular formula is C17H22FN3. The van der Waals surface area contributed by atoms with Crippen molar-refractivity contribution >= 4 is 11.5 Å². The van der Waals surface area contributed by atoms with Crippen LogP contribution < -0.4 is 10.2 Å². The number of aryl methyl sites for hydroxylation is 1. The van der Waals surface area contributed by atoms with Gasteiger partial charge < -0.3 is 10.2 Å². The van der Waals surface area contributed by atoms with Gasteiger partial charge in [-0.1, -0.05) is 13.0 Å². The van der Waals surface area contributed by atoms with Crippen LogP contribution in [-0.2, 0) is 6.54 Å². The monoisotopic (exact) mass is 287 g/mol. The number of nitrogens with one attached hydrogen (secondary N) is 1. The van der Waals surface area contributed by atoms with E-state index >= 15 is 0 Å². The molecule has 0 aliphatic rings. The minimum absolute atomic E-state index is 0.228. The van der Waals surface area contributed by atoms with E-state index in [1.54, 1.807) is 12.1 Å². The highest BCUT2D eigenvalue weighted by molar-refractivity contribution is 5.59. The van der Waals surface area contributed by atoms with Gasteiger partial charge in [0.1, 0.15) is 11.6 Å². The minimum Gasteiger partial charge on any atom is -0.329 e. The Balaban J connectivity index is 2.13. The van der Waals surface area contributed by atoms with Gasteiger partial charge in [-0.3, -0.25) is 0 Å². The molecule has 0 atom stereocenters. The van der Waals surface area contributed by atoms with E-state index in [4.69, 9.17) is 0 Å². The van der Waals surface area contributed by atoms with E-state index in [9.17, 15) is 4.39 Å². The summed E-state index contributed by atoms with van der Waals surface area (Å²) in [7, 11) is 1.93. The third kappa shape index (κ3) is 4.02. The second-order valence-corrected chi connectivity index (χ2v) is 5.13. The van der Waals surface area contributed by atoms with E-state index < -0.39 is 0 Å². The average molecular weight is 287 g/mol. The molecule has 4 heteroatoms. The largest absolute Gasteiger partial charge is 0.329 e. The zero-order chi connectivity index (χ0) is 15.2. The fourth-order valence-electron chi connectivity index (χ4n) is 2.15. The fraction of sp³-hybridized carbons (Fsp3) is 0.353. The van der Waals surface area contributed by atoms with Crippen molar-refractivity contribution in [1.82, 2.24) is 10.3 Å². The number of hydrogen-bond donors (Lipinski definition) is 1. The van der Waals surface area contributed by atoms with Gasteiger partial charge in [-0.05, 0) is 55.8 Å². The van der Waals surface area contributed by atoms with Crippen molar-refractivity contribution in [3.63, 3.8) is 0 Å². The first-order chi connectivity index (χ1) is 10.1. The molecule has 0 saturated carbocycles. The maximum Gasteiger partial charge on any atom is 0.132 e. The second kappa shape index (κ2) is 7.18. The molecular weight excluding hydrogens is 265 g/mol. The Hall–Kier alpha value is -1.94.